The summed E-state index contributed by atoms with van der Waals surface area (Å²) in [6.07, 6.45) is 2.75. The lowest BCUT2D eigenvalue weighted by molar-refractivity contribution is -0.126. The summed E-state index contributed by atoms with van der Waals surface area (Å²) in [5, 5.41) is 8.56. The maximum Gasteiger partial charge on any atom is 0.324 e. The molecule has 3 N–H and O–H groups in total. The zero-order valence-electron chi connectivity index (χ0n) is 12.9. The van der Waals surface area contributed by atoms with Crippen molar-refractivity contribution in [2.75, 3.05) is 32.7 Å². The van der Waals surface area contributed by atoms with Crippen molar-refractivity contribution in [2.24, 2.45) is 11.8 Å². The molecule has 0 bridgehead atoms. The third kappa shape index (κ3) is 5.14. The summed E-state index contributed by atoms with van der Waals surface area (Å²) in [6.45, 7) is 4.78. The number of urea groups is 1. The average Bonchev–Trinajstić information content (AvgIpc) is 2.80. The first-order chi connectivity index (χ1) is 10.1. The van der Waals surface area contributed by atoms with Crippen LogP contribution in [0.1, 0.15) is 26.2 Å². The second kappa shape index (κ2) is 8.95. The summed E-state index contributed by atoms with van der Waals surface area (Å²) in [6, 6.07) is -0.377. The van der Waals surface area contributed by atoms with Crippen molar-refractivity contribution >= 4 is 30.3 Å². The molecule has 2 rings (SSSR count). The lowest BCUT2D eigenvalue weighted by Gasteiger charge is -2.27. The standard InChI is InChI=1S/C14H24N4O3.ClH/c1-10(11-2-4-15-5-3-11)8-12(19)16-6-7-18-13(20)9-17-14(18)21;/h10-11,15H,2-9H2,1H3,(H,16,19)(H,17,21);1H. The monoisotopic (exact) mass is 332 g/mol. The summed E-state index contributed by atoms with van der Waals surface area (Å²) in [5.74, 6) is 0.720. The predicted octanol–water partition coefficient (Wildman–Crippen LogP) is 0.102. The van der Waals surface area contributed by atoms with Gasteiger partial charge < -0.3 is 16.0 Å². The number of nitrogens with zero attached hydrogens (tertiary/aromatic N) is 1. The highest BCUT2D eigenvalue weighted by Crippen LogP contribution is 2.23. The molecule has 1 unspecified atom stereocenters. The summed E-state index contributed by atoms with van der Waals surface area (Å²) < 4.78 is 0. The third-order valence-corrected chi connectivity index (χ3v) is 4.29. The van der Waals surface area contributed by atoms with Crippen molar-refractivity contribution in [3.63, 3.8) is 0 Å². The maximum absolute atomic E-state index is 11.9. The van der Waals surface area contributed by atoms with Crippen LogP contribution in [-0.2, 0) is 9.59 Å². The van der Waals surface area contributed by atoms with E-state index in [0.29, 0.717) is 24.8 Å². The Balaban J connectivity index is 0.00000242. The van der Waals surface area contributed by atoms with Crippen LogP contribution in [-0.4, -0.2) is 55.5 Å². The fourth-order valence-corrected chi connectivity index (χ4v) is 2.93. The average molecular weight is 333 g/mol. The molecule has 126 valence electrons. The van der Waals surface area contributed by atoms with Gasteiger partial charge in [-0.25, -0.2) is 4.79 Å². The molecule has 2 aliphatic heterocycles. The Kier molecular flexibility index (Phi) is 7.61. The van der Waals surface area contributed by atoms with Crippen molar-refractivity contribution in [1.82, 2.24) is 20.9 Å². The van der Waals surface area contributed by atoms with Gasteiger partial charge in [0.2, 0.25) is 11.8 Å². The number of carbonyl (C=O) groups excluding carboxylic acids is 3. The lowest BCUT2D eigenvalue weighted by Crippen LogP contribution is -2.39. The van der Waals surface area contributed by atoms with Gasteiger partial charge in [-0.15, -0.1) is 12.4 Å². The Morgan fingerprint density at radius 3 is 2.64 bits per heavy atom. The normalized spacial score (nSPS) is 20.3. The molecular formula is C14H25ClN4O3. The number of piperidine rings is 1. The number of halogens is 1. The van der Waals surface area contributed by atoms with E-state index >= 15 is 0 Å². The summed E-state index contributed by atoms with van der Waals surface area (Å²) in [4.78, 5) is 35.7. The number of amides is 4. The first-order valence-electron chi connectivity index (χ1n) is 7.63. The van der Waals surface area contributed by atoms with E-state index in [4.69, 9.17) is 0 Å². The molecule has 0 saturated carbocycles. The zero-order valence-corrected chi connectivity index (χ0v) is 13.7. The number of carbonyl (C=O) groups is 3. The van der Waals surface area contributed by atoms with Gasteiger partial charge in [0.15, 0.2) is 0 Å². The first kappa shape index (κ1) is 18.7. The summed E-state index contributed by atoms with van der Waals surface area (Å²) >= 11 is 0. The molecule has 0 aromatic rings. The van der Waals surface area contributed by atoms with Crippen LogP contribution in [0.25, 0.3) is 0 Å². The van der Waals surface area contributed by atoms with Crippen LogP contribution in [0.5, 0.6) is 0 Å². The van der Waals surface area contributed by atoms with Crippen molar-refractivity contribution < 1.29 is 14.4 Å². The molecule has 7 nitrogen and oxygen atoms in total. The second-order valence-electron chi connectivity index (χ2n) is 5.82. The van der Waals surface area contributed by atoms with E-state index in [9.17, 15) is 14.4 Å². The van der Waals surface area contributed by atoms with Crippen LogP contribution >= 0.6 is 12.4 Å². The van der Waals surface area contributed by atoms with Gasteiger partial charge in [-0.05, 0) is 37.8 Å². The van der Waals surface area contributed by atoms with Crippen LogP contribution in [0.15, 0.2) is 0 Å². The molecule has 2 aliphatic rings. The first-order valence-corrected chi connectivity index (χ1v) is 7.63. The minimum atomic E-state index is -0.377. The number of hydrogen-bond acceptors (Lipinski definition) is 4. The molecule has 0 aliphatic carbocycles. The fourth-order valence-electron chi connectivity index (χ4n) is 2.93. The Morgan fingerprint density at radius 2 is 2.05 bits per heavy atom. The van der Waals surface area contributed by atoms with E-state index in [1.165, 1.54) is 0 Å². The van der Waals surface area contributed by atoms with Gasteiger partial charge in [-0.1, -0.05) is 6.92 Å². The molecule has 2 saturated heterocycles. The fraction of sp³-hybridized carbons (Fsp3) is 0.786. The minimum Gasteiger partial charge on any atom is -0.354 e. The van der Waals surface area contributed by atoms with Crippen LogP contribution in [0.3, 0.4) is 0 Å². The number of rotatable bonds is 6. The van der Waals surface area contributed by atoms with Gasteiger partial charge in [-0.2, -0.15) is 0 Å². The molecule has 0 spiro atoms. The highest BCUT2D eigenvalue weighted by Gasteiger charge is 2.28. The zero-order chi connectivity index (χ0) is 15.2. The van der Waals surface area contributed by atoms with Crippen LogP contribution in [0.4, 0.5) is 4.79 Å². The van der Waals surface area contributed by atoms with E-state index in [-0.39, 0.29) is 43.3 Å². The smallest absolute Gasteiger partial charge is 0.324 e. The van der Waals surface area contributed by atoms with Gasteiger partial charge in [0, 0.05) is 19.5 Å². The highest BCUT2D eigenvalue weighted by molar-refractivity contribution is 6.01. The molecular weight excluding hydrogens is 308 g/mol. The van der Waals surface area contributed by atoms with Crippen LogP contribution in [0, 0.1) is 11.8 Å². The molecule has 0 aromatic carbocycles. The lowest BCUT2D eigenvalue weighted by atomic mass is 9.84. The number of nitrogens with one attached hydrogen (secondary N) is 3. The largest absolute Gasteiger partial charge is 0.354 e. The highest BCUT2D eigenvalue weighted by atomic mass is 35.5. The van der Waals surface area contributed by atoms with E-state index in [1.807, 2.05) is 0 Å². The molecule has 2 fully saturated rings. The Bertz CT molecular complexity index is 397. The van der Waals surface area contributed by atoms with Gasteiger partial charge in [0.05, 0.1) is 6.54 Å². The quantitative estimate of drug-likeness (QED) is 0.602. The van der Waals surface area contributed by atoms with Crippen molar-refractivity contribution in [3.05, 3.63) is 0 Å². The SMILES string of the molecule is CC(CC(=O)NCCN1C(=O)CNC1=O)C1CCNCC1.Cl. The molecule has 0 radical (unpaired) electrons. The minimum absolute atomic E-state index is 0. The number of hydrogen-bond donors (Lipinski definition) is 3. The second-order valence-corrected chi connectivity index (χ2v) is 5.82. The Labute approximate surface area is 137 Å². The van der Waals surface area contributed by atoms with E-state index in [1.54, 1.807) is 0 Å². The van der Waals surface area contributed by atoms with Gasteiger partial charge >= 0.3 is 6.03 Å². The van der Waals surface area contributed by atoms with Gasteiger partial charge in [0.25, 0.3) is 0 Å². The van der Waals surface area contributed by atoms with Crippen LogP contribution in [0.2, 0.25) is 0 Å². The van der Waals surface area contributed by atoms with Crippen molar-refractivity contribution in [2.45, 2.75) is 26.2 Å². The molecule has 22 heavy (non-hydrogen) atoms. The Hall–Kier alpha value is -1.34. The molecule has 2 heterocycles. The Morgan fingerprint density at radius 1 is 1.36 bits per heavy atom. The molecule has 1 atom stereocenters. The predicted molar refractivity (Wildman–Crippen MR) is 84.7 cm³/mol. The third-order valence-electron chi connectivity index (χ3n) is 4.29. The van der Waals surface area contributed by atoms with Gasteiger partial charge in [-0.3, -0.25) is 14.5 Å². The van der Waals surface area contributed by atoms with E-state index in [2.05, 4.69) is 22.9 Å². The summed E-state index contributed by atoms with van der Waals surface area (Å²) in [5.41, 5.74) is 0. The molecule has 0 aromatic heterocycles. The van der Waals surface area contributed by atoms with Crippen LogP contribution < -0.4 is 16.0 Å². The van der Waals surface area contributed by atoms with Gasteiger partial charge in [0.1, 0.15) is 0 Å². The number of imide groups is 1. The molecule has 8 heteroatoms. The topological polar surface area (TPSA) is 90.5 Å². The molecule has 4 amide bonds. The maximum atomic E-state index is 11.9. The van der Waals surface area contributed by atoms with E-state index < -0.39 is 0 Å². The van der Waals surface area contributed by atoms with Crippen molar-refractivity contribution in [3.8, 4) is 0 Å². The van der Waals surface area contributed by atoms with E-state index in [0.717, 1.165) is 30.8 Å². The van der Waals surface area contributed by atoms with Crippen molar-refractivity contribution in [1.29, 1.82) is 0 Å². The summed E-state index contributed by atoms with van der Waals surface area (Å²) in [7, 11) is 0.